The Bertz CT molecular complexity index is 782. The van der Waals surface area contributed by atoms with Crippen LogP contribution in [0.4, 0.5) is 0 Å². The Morgan fingerprint density at radius 1 is 1.00 bits per heavy atom. The van der Waals surface area contributed by atoms with Crippen LogP contribution in [0.1, 0.15) is 25.0 Å². The highest BCUT2D eigenvalue weighted by molar-refractivity contribution is 9.10. The molecule has 1 atom stereocenters. The Hall–Kier alpha value is -1.31. The minimum Gasteiger partial charge on any atom is -0.355 e. The molecule has 2 aromatic carbocycles. The zero-order chi connectivity index (χ0) is 20.5. The fourth-order valence-corrected chi connectivity index (χ4v) is 4.01. The summed E-state index contributed by atoms with van der Waals surface area (Å²) in [6.07, 6.45) is 0. The lowest BCUT2D eigenvalue weighted by Crippen LogP contribution is -2.48. The maximum absolute atomic E-state index is 12.9. The number of carbonyl (C=O) groups is 2. The minimum absolute atomic E-state index is 0.0382. The van der Waals surface area contributed by atoms with Crippen molar-refractivity contribution in [2.24, 2.45) is 0 Å². The number of hydrogen-bond donors (Lipinski definition) is 1. The molecule has 7 heteroatoms. The van der Waals surface area contributed by atoms with Crippen LogP contribution in [0.5, 0.6) is 0 Å². The summed E-state index contributed by atoms with van der Waals surface area (Å²) in [7, 11) is 0. The van der Waals surface area contributed by atoms with Gasteiger partial charge in [0.15, 0.2) is 0 Å². The molecular weight excluding hydrogens is 504 g/mol. The Morgan fingerprint density at radius 2 is 1.54 bits per heavy atom. The summed E-state index contributed by atoms with van der Waals surface area (Å²) in [5.74, 6) is 0.909. The molecule has 0 aliphatic heterocycles. The monoisotopic (exact) mass is 526 g/mol. The topological polar surface area (TPSA) is 49.4 Å². The second-order valence-corrected chi connectivity index (χ2v) is 9.15. The highest BCUT2D eigenvalue weighted by Gasteiger charge is 2.25. The van der Waals surface area contributed by atoms with Crippen LogP contribution < -0.4 is 5.32 Å². The molecule has 2 aromatic rings. The number of carbonyl (C=O) groups excluding carboxylic acids is 2. The van der Waals surface area contributed by atoms with Crippen molar-refractivity contribution in [3.8, 4) is 0 Å². The highest BCUT2D eigenvalue weighted by Crippen LogP contribution is 2.18. The van der Waals surface area contributed by atoms with Gasteiger partial charge in [-0.05, 0) is 49.2 Å². The van der Waals surface area contributed by atoms with E-state index in [0.29, 0.717) is 18.8 Å². The molecule has 0 unspecified atom stereocenters. The molecule has 0 bridgehead atoms. The highest BCUT2D eigenvalue weighted by atomic mass is 79.9. The summed E-state index contributed by atoms with van der Waals surface area (Å²) in [6.45, 7) is 4.60. The van der Waals surface area contributed by atoms with E-state index in [4.69, 9.17) is 0 Å². The first kappa shape index (κ1) is 23.0. The molecule has 0 radical (unpaired) electrons. The van der Waals surface area contributed by atoms with Crippen LogP contribution in [0.25, 0.3) is 0 Å². The van der Waals surface area contributed by atoms with Crippen molar-refractivity contribution in [1.82, 2.24) is 10.2 Å². The molecule has 0 saturated carbocycles. The van der Waals surface area contributed by atoms with Crippen molar-refractivity contribution in [3.63, 3.8) is 0 Å². The number of thioether (sulfide) groups is 1. The second-order valence-electron chi connectivity index (χ2n) is 6.34. The third kappa shape index (κ3) is 7.26. The van der Waals surface area contributed by atoms with Crippen molar-refractivity contribution >= 4 is 55.4 Å². The predicted molar refractivity (Wildman–Crippen MR) is 123 cm³/mol. The fraction of sp³-hybridized carbons (Fsp3) is 0.333. The quantitative estimate of drug-likeness (QED) is 0.499. The van der Waals surface area contributed by atoms with E-state index in [1.807, 2.05) is 55.5 Å². The average Bonchev–Trinajstić information content (AvgIpc) is 2.68. The predicted octanol–water partition coefficient (Wildman–Crippen LogP) is 5.00. The number of benzene rings is 2. The minimum atomic E-state index is -0.524. The molecule has 1 N–H and O–H groups in total. The standard InChI is InChI=1S/C21H24Br2N2O2S/c1-3-24-21(27)15(2)25(12-16-4-8-18(22)9-5-16)20(26)14-28-13-17-6-10-19(23)11-7-17/h4-11,15H,3,12-14H2,1-2H3,(H,24,27)/t15-/m0/s1. The molecule has 0 heterocycles. The number of hydrogen-bond acceptors (Lipinski definition) is 3. The van der Waals surface area contributed by atoms with Crippen LogP contribution in [0.3, 0.4) is 0 Å². The first-order valence-electron chi connectivity index (χ1n) is 9.04. The molecule has 0 spiro atoms. The Morgan fingerprint density at radius 3 is 2.07 bits per heavy atom. The van der Waals surface area contributed by atoms with Crippen molar-refractivity contribution in [2.45, 2.75) is 32.2 Å². The fourth-order valence-electron chi connectivity index (χ4n) is 2.61. The van der Waals surface area contributed by atoms with Crippen LogP contribution in [0.2, 0.25) is 0 Å². The number of likely N-dealkylation sites (N-methyl/N-ethyl adjacent to an activating group) is 1. The number of amides is 2. The van der Waals surface area contributed by atoms with Gasteiger partial charge in [0.1, 0.15) is 6.04 Å². The SMILES string of the molecule is CCNC(=O)[C@H](C)N(Cc1ccc(Br)cc1)C(=O)CSCc1ccc(Br)cc1. The average molecular weight is 528 g/mol. The lowest BCUT2D eigenvalue weighted by atomic mass is 10.1. The van der Waals surface area contributed by atoms with Crippen LogP contribution >= 0.6 is 43.6 Å². The molecule has 2 amide bonds. The van der Waals surface area contributed by atoms with Gasteiger partial charge in [-0.2, -0.15) is 0 Å². The van der Waals surface area contributed by atoms with Gasteiger partial charge in [-0.15, -0.1) is 11.8 Å². The van der Waals surface area contributed by atoms with Gasteiger partial charge in [-0.3, -0.25) is 9.59 Å². The molecule has 150 valence electrons. The van der Waals surface area contributed by atoms with Crippen molar-refractivity contribution in [1.29, 1.82) is 0 Å². The third-order valence-corrected chi connectivity index (χ3v) is 6.24. The van der Waals surface area contributed by atoms with Crippen molar-refractivity contribution in [3.05, 3.63) is 68.6 Å². The van der Waals surface area contributed by atoms with Crippen molar-refractivity contribution < 1.29 is 9.59 Å². The Labute approximate surface area is 187 Å². The van der Waals surface area contributed by atoms with E-state index in [1.54, 1.807) is 23.6 Å². The van der Waals surface area contributed by atoms with Crippen LogP contribution in [-0.4, -0.2) is 35.1 Å². The van der Waals surface area contributed by atoms with E-state index in [2.05, 4.69) is 37.2 Å². The summed E-state index contributed by atoms with van der Waals surface area (Å²) in [5.41, 5.74) is 2.16. The third-order valence-electron chi connectivity index (χ3n) is 4.19. The van der Waals surface area contributed by atoms with Gasteiger partial charge in [0.05, 0.1) is 5.75 Å². The molecule has 0 saturated heterocycles. The van der Waals surface area contributed by atoms with Crippen LogP contribution in [-0.2, 0) is 21.9 Å². The zero-order valence-electron chi connectivity index (χ0n) is 16.0. The summed E-state index contributed by atoms with van der Waals surface area (Å²) >= 11 is 8.41. The summed E-state index contributed by atoms with van der Waals surface area (Å²) in [4.78, 5) is 26.9. The zero-order valence-corrected chi connectivity index (χ0v) is 19.9. The van der Waals surface area contributed by atoms with Gasteiger partial charge in [-0.1, -0.05) is 56.1 Å². The summed E-state index contributed by atoms with van der Waals surface area (Å²) < 4.78 is 2.02. The van der Waals surface area contributed by atoms with E-state index in [-0.39, 0.29) is 11.8 Å². The maximum atomic E-state index is 12.9. The Kier molecular flexibility index (Phi) is 9.55. The second kappa shape index (κ2) is 11.6. The van der Waals surface area contributed by atoms with E-state index in [9.17, 15) is 9.59 Å². The van der Waals surface area contributed by atoms with E-state index >= 15 is 0 Å². The van der Waals surface area contributed by atoms with Crippen molar-refractivity contribution in [2.75, 3.05) is 12.3 Å². The molecule has 28 heavy (non-hydrogen) atoms. The smallest absolute Gasteiger partial charge is 0.242 e. The van der Waals surface area contributed by atoms with Gasteiger partial charge in [-0.25, -0.2) is 0 Å². The maximum Gasteiger partial charge on any atom is 0.242 e. The first-order chi connectivity index (χ1) is 13.4. The summed E-state index contributed by atoms with van der Waals surface area (Å²) in [5, 5.41) is 2.81. The number of nitrogens with one attached hydrogen (secondary N) is 1. The number of rotatable bonds is 9. The van der Waals surface area contributed by atoms with E-state index < -0.39 is 6.04 Å². The lowest BCUT2D eigenvalue weighted by molar-refractivity contribution is -0.138. The van der Waals surface area contributed by atoms with Gasteiger partial charge in [0.25, 0.3) is 0 Å². The van der Waals surface area contributed by atoms with Crippen LogP contribution in [0, 0.1) is 0 Å². The molecule has 0 aliphatic rings. The number of halogens is 2. The van der Waals surface area contributed by atoms with Gasteiger partial charge < -0.3 is 10.2 Å². The van der Waals surface area contributed by atoms with Crippen LogP contribution in [0.15, 0.2) is 57.5 Å². The first-order valence-corrected chi connectivity index (χ1v) is 11.8. The molecule has 4 nitrogen and oxygen atoms in total. The van der Waals surface area contributed by atoms with E-state index in [1.165, 1.54) is 0 Å². The molecule has 0 fully saturated rings. The van der Waals surface area contributed by atoms with Gasteiger partial charge in [0.2, 0.25) is 11.8 Å². The lowest BCUT2D eigenvalue weighted by Gasteiger charge is -2.28. The van der Waals surface area contributed by atoms with Gasteiger partial charge >= 0.3 is 0 Å². The van der Waals surface area contributed by atoms with Gasteiger partial charge in [0, 0.05) is 27.8 Å². The summed E-state index contributed by atoms with van der Waals surface area (Å²) in [6, 6.07) is 15.4. The Balaban J connectivity index is 2.03. The molecular formula is C21H24Br2N2O2S. The molecule has 0 aromatic heterocycles. The number of nitrogens with zero attached hydrogens (tertiary/aromatic N) is 1. The molecule has 2 rings (SSSR count). The largest absolute Gasteiger partial charge is 0.355 e. The normalized spacial score (nSPS) is 11.7. The van der Waals surface area contributed by atoms with E-state index in [0.717, 1.165) is 25.8 Å². The molecule has 0 aliphatic carbocycles.